The molecule has 0 aliphatic carbocycles. The van der Waals surface area contributed by atoms with Crippen molar-refractivity contribution in [2.75, 3.05) is 0 Å². The summed E-state index contributed by atoms with van der Waals surface area (Å²) in [6, 6.07) is 16.5. The monoisotopic (exact) mass is 380 g/mol. The van der Waals surface area contributed by atoms with E-state index in [1.807, 2.05) is 24.3 Å². The molecular weight excluding hydrogens is 359 g/mol. The van der Waals surface area contributed by atoms with Gasteiger partial charge in [0.25, 0.3) is 0 Å². The SMILES string of the molecule is CC(O)c1nncn1Cc1cccc(F)c1.c1ccc(Cn2cncn2)cc1. The lowest BCUT2D eigenvalue weighted by atomic mass is 10.2. The molecule has 1 atom stereocenters. The second kappa shape index (κ2) is 9.52. The van der Waals surface area contributed by atoms with Gasteiger partial charge in [-0.25, -0.2) is 14.1 Å². The molecular formula is C20H21FN6O. The summed E-state index contributed by atoms with van der Waals surface area (Å²) < 4.78 is 16.5. The standard InChI is InChI=1S/C11H12FN3O.C9H9N3/c1-8(16)11-14-13-7-15(11)6-9-3-2-4-10(12)5-9;1-2-4-9(5-3-1)6-12-8-10-7-11-12/h2-5,7-8,16H,6H2,1H3;1-5,7-8H,6H2. The van der Waals surface area contributed by atoms with Gasteiger partial charge >= 0.3 is 0 Å². The highest BCUT2D eigenvalue weighted by molar-refractivity contribution is 5.17. The fourth-order valence-electron chi connectivity index (χ4n) is 2.63. The lowest BCUT2D eigenvalue weighted by molar-refractivity contribution is 0.184. The normalized spacial score (nSPS) is 11.5. The summed E-state index contributed by atoms with van der Waals surface area (Å²) in [6.07, 6.45) is 4.10. The van der Waals surface area contributed by atoms with Gasteiger partial charge in [-0.2, -0.15) is 5.10 Å². The minimum Gasteiger partial charge on any atom is -0.385 e. The van der Waals surface area contributed by atoms with Gasteiger partial charge in [-0.3, -0.25) is 0 Å². The van der Waals surface area contributed by atoms with E-state index in [1.165, 1.54) is 24.0 Å². The van der Waals surface area contributed by atoms with Crippen LogP contribution in [0.1, 0.15) is 30.0 Å². The van der Waals surface area contributed by atoms with Crippen molar-refractivity contribution >= 4 is 0 Å². The number of aliphatic hydroxyl groups is 1. The van der Waals surface area contributed by atoms with Crippen LogP contribution in [-0.4, -0.2) is 34.6 Å². The zero-order valence-electron chi connectivity index (χ0n) is 15.4. The Balaban J connectivity index is 0.000000167. The smallest absolute Gasteiger partial charge is 0.161 e. The van der Waals surface area contributed by atoms with Crippen molar-refractivity contribution in [3.8, 4) is 0 Å². The molecule has 144 valence electrons. The van der Waals surface area contributed by atoms with E-state index in [0.29, 0.717) is 12.4 Å². The predicted octanol–water partition coefficient (Wildman–Crippen LogP) is 2.85. The molecule has 4 rings (SSSR count). The summed E-state index contributed by atoms with van der Waals surface area (Å²) in [7, 11) is 0. The van der Waals surface area contributed by atoms with E-state index >= 15 is 0 Å². The second-order valence-electron chi connectivity index (χ2n) is 6.20. The van der Waals surface area contributed by atoms with Crippen LogP contribution >= 0.6 is 0 Å². The number of rotatable bonds is 5. The van der Waals surface area contributed by atoms with E-state index in [1.54, 1.807) is 34.9 Å². The Morgan fingerprint density at radius 1 is 1.00 bits per heavy atom. The molecule has 0 saturated carbocycles. The van der Waals surface area contributed by atoms with E-state index in [2.05, 4.69) is 32.4 Å². The first kappa shape index (κ1) is 19.4. The average molecular weight is 380 g/mol. The zero-order chi connectivity index (χ0) is 19.8. The third-order valence-electron chi connectivity index (χ3n) is 3.92. The molecule has 1 unspecified atom stereocenters. The van der Waals surface area contributed by atoms with Crippen molar-refractivity contribution in [1.29, 1.82) is 0 Å². The average Bonchev–Trinajstić information content (AvgIpc) is 3.35. The van der Waals surface area contributed by atoms with Crippen LogP contribution in [0.5, 0.6) is 0 Å². The van der Waals surface area contributed by atoms with Crippen molar-refractivity contribution in [3.05, 3.63) is 96.3 Å². The van der Waals surface area contributed by atoms with Crippen LogP contribution in [0.15, 0.2) is 73.6 Å². The molecule has 2 aromatic heterocycles. The van der Waals surface area contributed by atoms with Gasteiger partial charge in [0.15, 0.2) is 5.82 Å². The molecule has 28 heavy (non-hydrogen) atoms. The molecule has 2 heterocycles. The minimum absolute atomic E-state index is 0.274. The second-order valence-corrected chi connectivity index (χ2v) is 6.20. The van der Waals surface area contributed by atoms with Crippen LogP contribution in [0.4, 0.5) is 4.39 Å². The molecule has 8 heteroatoms. The quantitative estimate of drug-likeness (QED) is 0.576. The van der Waals surface area contributed by atoms with Gasteiger partial charge in [-0.1, -0.05) is 42.5 Å². The van der Waals surface area contributed by atoms with Gasteiger partial charge in [0.2, 0.25) is 0 Å². The number of hydrogen-bond acceptors (Lipinski definition) is 5. The zero-order valence-corrected chi connectivity index (χ0v) is 15.4. The van der Waals surface area contributed by atoms with Gasteiger partial charge in [-0.15, -0.1) is 10.2 Å². The number of benzene rings is 2. The summed E-state index contributed by atoms with van der Waals surface area (Å²) in [4.78, 5) is 3.87. The van der Waals surface area contributed by atoms with Crippen molar-refractivity contribution in [2.45, 2.75) is 26.1 Å². The molecule has 2 aromatic carbocycles. The number of nitrogens with zero attached hydrogens (tertiary/aromatic N) is 6. The van der Waals surface area contributed by atoms with Crippen LogP contribution < -0.4 is 0 Å². The summed E-state index contributed by atoms with van der Waals surface area (Å²) in [6.45, 7) is 2.86. The third-order valence-corrected chi connectivity index (χ3v) is 3.92. The van der Waals surface area contributed by atoms with E-state index in [0.717, 1.165) is 12.1 Å². The Morgan fingerprint density at radius 3 is 2.46 bits per heavy atom. The largest absolute Gasteiger partial charge is 0.385 e. The Bertz CT molecular complexity index is 969. The number of hydrogen-bond donors (Lipinski definition) is 1. The van der Waals surface area contributed by atoms with E-state index < -0.39 is 6.10 Å². The van der Waals surface area contributed by atoms with Crippen LogP contribution in [0.2, 0.25) is 0 Å². The maximum absolute atomic E-state index is 13.0. The fraction of sp³-hybridized carbons (Fsp3) is 0.200. The Morgan fingerprint density at radius 2 is 1.79 bits per heavy atom. The maximum Gasteiger partial charge on any atom is 0.161 e. The first-order valence-electron chi connectivity index (χ1n) is 8.78. The molecule has 4 aromatic rings. The summed E-state index contributed by atoms with van der Waals surface area (Å²) in [5.41, 5.74) is 2.05. The minimum atomic E-state index is -0.684. The van der Waals surface area contributed by atoms with Crippen LogP contribution in [0, 0.1) is 5.82 Å². The molecule has 0 fully saturated rings. The fourth-order valence-corrected chi connectivity index (χ4v) is 2.63. The summed E-state index contributed by atoms with van der Waals surface area (Å²) >= 11 is 0. The van der Waals surface area contributed by atoms with Crippen LogP contribution in [-0.2, 0) is 13.1 Å². The van der Waals surface area contributed by atoms with Crippen molar-refractivity contribution < 1.29 is 9.50 Å². The molecule has 0 aliphatic heterocycles. The number of halogens is 1. The lowest BCUT2D eigenvalue weighted by Crippen LogP contribution is -2.07. The highest BCUT2D eigenvalue weighted by Crippen LogP contribution is 2.11. The highest BCUT2D eigenvalue weighted by Gasteiger charge is 2.10. The van der Waals surface area contributed by atoms with Gasteiger partial charge in [0.05, 0.1) is 13.1 Å². The lowest BCUT2D eigenvalue weighted by Gasteiger charge is -2.08. The molecule has 1 N–H and O–H groups in total. The topological polar surface area (TPSA) is 81.7 Å². The van der Waals surface area contributed by atoms with E-state index in [-0.39, 0.29) is 5.82 Å². The summed E-state index contributed by atoms with van der Waals surface area (Å²) in [5.74, 6) is 0.202. The van der Waals surface area contributed by atoms with E-state index in [9.17, 15) is 9.50 Å². The first-order chi connectivity index (χ1) is 13.6. The summed E-state index contributed by atoms with van der Waals surface area (Å²) in [5, 5.41) is 21.0. The molecule has 7 nitrogen and oxygen atoms in total. The number of aliphatic hydroxyl groups excluding tert-OH is 1. The van der Waals surface area contributed by atoms with Gasteiger partial charge in [-0.05, 0) is 30.2 Å². The van der Waals surface area contributed by atoms with Gasteiger partial charge < -0.3 is 9.67 Å². The first-order valence-corrected chi connectivity index (χ1v) is 8.78. The van der Waals surface area contributed by atoms with Gasteiger partial charge in [0, 0.05) is 0 Å². The Labute approximate surface area is 162 Å². The molecule has 0 radical (unpaired) electrons. The molecule has 0 aliphatic rings. The van der Waals surface area contributed by atoms with Crippen molar-refractivity contribution in [2.24, 2.45) is 0 Å². The van der Waals surface area contributed by atoms with Crippen LogP contribution in [0.3, 0.4) is 0 Å². The Hall–Kier alpha value is -3.39. The van der Waals surface area contributed by atoms with E-state index in [4.69, 9.17) is 0 Å². The van der Waals surface area contributed by atoms with Crippen molar-refractivity contribution in [1.82, 2.24) is 29.5 Å². The molecule has 0 saturated heterocycles. The predicted molar refractivity (Wildman–Crippen MR) is 102 cm³/mol. The number of aromatic nitrogens is 6. The van der Waals surface area contributed by atoms with Gasteiger partial charge in [0.1, 0.15) is 30.9 Å². The Kier molecular flexibility index (Phi) is 6.59. The third kappa shape index (κ3) is 5.55. The highest BCUT2D eigenvalue weighted by atomic mass is 19.1. The maximum atomic E-state index is 13.0. The molecule has 0 amide bonds. The van der Waals surface area contributed by atoms with Crippen LogP contribution in [0.25, 0.3) is 0 Å². The molecule has 0 bridgehead atoms. The van der Waals surface area contributed by atoms with Crippen molar-refractivity contribution in [3.63, 3.8) is 0 Å². The molecule has 0 spiro atoms.